The lowest BCUT2D eigenvalue weighted by Gasteiger charge is -2.09. The summed E-state index contributed by atoms with van der Waals surface area (Å²) in [4.78, 5) is 4.42. The van der Waals surface area contributed by atoms with Crippen molar-refractivity contribution in [3.05, 3.63) is 59.2 Å². The third-order valence-electron chi connectivity index (χ3n) is 3.82. The van der Waals surface area contributed by atoms with Crippen molar-refractivity contribution in [2.45, 2.75) is 20.3 Å². The SMILES string of the molecule is Cc1cc2ncn(-c3cc(F)cc(CCN)c3)c2cc1C. The summed E-state index contributed by atoms with van der Waals surface area (Å²) in [7, 11) is 0. The van der Waals surface area contributed by atoms with Crippen molar-refractivity contribution in [1.82, 2.24) is 9.55 Å². The number of aryl methyl sites for hydroxylation is 2. The molecule has 108 valence electrons. The molecule has 1 aromatic heterocycles. The van der Waals surface area contributed by atoms with Crippen LogP contribution in [0.5, 0.6) is 0 Å². The predicted octanol–water partition coefficient (Wildman–Crippen LogP) is 3.28. The van der Waals surface area contributed by atoms with Gasteiger partial charge in [0.05, 0.1) is 16.7 Å². The van der Waals surface area contributed by atoms with Crippen molar-refractivity contribution in [1.29, 1.82) is 0 Å². The van der Waals surface area contributed by atoms with Gasteiger partial charge in [0.1, 0.15) is 12.1 Å². The number of imidazole rings is 1. The molecule has 3 aromatic rings. The number of nitrogens with two attached hydrogens (primary N) is 1. The van der Waals surface area contributed by atoms with Crippen LogP contribution in [0.2, 0.25) is 0 Å². The first-order chi connectivity index (χ1) is 10.1. The van der Waals surface area contributed by atoms with Crippen LogP contribution in [0.15, 0.2) is 36.7 Å². The monoisotopic (exact) mass is 283 g/mol. The normalized spacial score (nSPS) is 11.2. The van der Waals surface area contributed by atoms with Crippen LogP contribution in [-0.2, 0) is 6.42 Å². The molecule has 0 aliphatic rings. The van der Waals surface area contributed by atoms with Gasteiger partial charge in [0.25, 0.3) is 0 Å². The average molecular weight is 283 g/mol. The van der Waals surface area contributed by atoms with Gasteiger partial charge >= 0.3 is 0 Å². The van der Waals surface area contributed by atoms with Crippen LogP contribution in [0, 0.1) is 19.7 Å². The van der Waals surface area contributed by atoms with Crippen LogP contribution in [0.4, 0.5) is 4.39 Å². The topological polar surface area (TPSA) is 43.8 Å². The van der Waals surface area contributed by atoms with Crippen LogP contribution >= 0.6 is 0 Å². The van der Waals surface area contributed by atoms with E-state index in [1.165, 1.54) is 23.3 Å². The molecule has 0 aliphatic carbocycles. The van der Waals surface area contributed by atoms with Crippen LogP contribution in [0.3, 0.4) is 0 Å². The van der Waals surface area contributed by atoms with Crippen molar-refractivity contribution in [2.24, 2.45) is 5.73 Å². The Kier molecular flexibility index (Phi) is 3.47. The van der Waals surface area contributed by atoms with Gasteiger partial charge in [-0.25, -0.2) is 9.37 Å². The molecule has 1 heterocycles. The Bertz CT molecular complexity index is 805. The predicted molar refractivity (Wildman–Crippen MR) is 83.3 cm³/mol. The molecule has 0 saturated carbocycles. The maximum atomic E-state index is 13.8. The van der Waals surface area contributed by atoms with Crippen LogP contribution < -0.4 is 5.73 Å². The highest BCUT2D eigenvalue weighted by Gasteiger charge is 2.09. The van der Waals surface area contributed by atoms with Crippen LogP contribution in [-0.4, -0.2) is 16.1 Å². The fourth-order valence-electron chi connectivity index (χ4n) is 2.55. The van der Waals surface area contributed by atoms with Crippen LogP contribution in [0.1, 0.15) is 16.7 Å². The summed E-state index contributed by atoms with van der Waals surface area (Å²) in [6.07, 6.45) is 2.40. The minimum atomic E-state index is -0.248. The Morgan fingerprint density at radius 3 is 2.62 bits per heavy atom. The fraction of sp³-hybridized carbons (Fsp3) is 0.235. The number of hydrogen-bond acceptors (Lipinski definition) is 2. The van der Waals surface area contributed by atoms with Gasteiger partial charge in [0.15, 0.2) is 0 Å². The molecule has 0 radical (unpaired) electrons. The fourth-order valence-corrected chi connectivity index (χ4v) is 2.55. The van der Waals surface area contributed by atoms with Crippen molar-refractivity contribution in [3.63, 3.8) is 0 Å². The molecule has 0 spiro atoms. The molecule has 0 amide bonds. The zero-order valence-electron chi connectivity index (χ0n) is 12.2. The van der Waals surface area contributed by atoms with E-state index in [1.807, 2.05) is 10.6 Å². The molecule has 4 heteroatoms. The molecular weight excluding hydrogens is 265 g/mol. The highest BCUT2D eigenvalue weighted by atomic mass is 19.1. The highest BCUT2D eigenvalue weighted by molar-refractivity contribution is 5.79. The van der Waals surface area contributed by atoms with Crippen LogP contribution in [0.25, 0.3) is 16.7 Å². The molecule has 0 saturated heterocycles. The Hall–Kier alpha value is -2.20. The molecule has 0 fully saturated rings. The van der Waals surface area contributed by atoms with E-state index in [0.717, 1.165) is 22.3 Å². The van der Waals surface area contributed by atoms with Gasteiger partial charge in [-0.3, -0.25) is 4.57 Å². The molecule has 2 N–H and O–H groups in total. The second-order valence-corrected chi connectivity index (χ2v) is 5.40. The van der Waals surface area contributed by atoms with E-state index in [2.05, 4.69) is 31.0 Å². The Morgan fingerprint density at radius 2 is 1.86 bits per heavy atom. The number of fused-ring (bicyclic) bond motifs is 1. The van der Waals surface area contributed by atoms with Crippen molar-refractivity contribution < 1.29 is 4.39 Å². The summed E-state index contributed by atoms with van der Waals surface area (Å²) in [6.45, 7) is 4.64. The summed E-state index contributed by atoms with van der Waals surface area (Å²) in [5.41, 5.74) is 11.6. The molecule has 0 aliphatic heterocycles. The number of hydrogen-bond donors (Lipinski definition) is 1. The molecule has 21 heavy (non-hydrogen) atoms. The second kappa shape index (κ2) is 5.30. The maximum Gasteiger partial charge on any atom is 0.125 e. The quantitative estimate of drug-likeness (QED) is 0.801. The number of rotatable bonds is 3. The number of aromatic nitrogens is 2. The molecule has 0 unspecified atom stereocenters. The maximum absolute atomic E-state index is 13.8. The third kappa shape index (κ3) is 2.54. The summed E-state index contributed by atoms with van der Waals surface area (Å²) < 4.78 is 15.7. The summed E-state index contributed by atoms with van der Waals surface area (Å²) in [5, 5.41) is 0. The Balaban J connectivity index is 2.18. The van der Waals surface area contributed by atoms with Gasteiger partial charge in [0, 0.05) is 0 Å². The smallest absolute Gasteiger partial charge is 0.125 e. The molecule has 3 nitrogen and oxygen atoms in total. The van der Waals surface area contributed by atoms with E-state index < -0.39 is 0 Å². The van der Waals surface area contributed by atoms with E-state index >= 15 is 0 Å². The number of nitrogens with zero attached hydrogens (tertiary/aromatic N) is 2. The minimum Gasteiger partial charge on any atom is -0.330 e. The average Bonchev–Trinajstić information content (AvgIpc) is 2.82. The van der Waals surface area contributed by atoms with Gasteiger partial charge in [-0.05, 0) is 73.8 Å². The van der Waals surface area contributed by atoms with Gasteiger partial charge in [0.2, 0.25) is 0 Å². The van der Waals surface area contributed by atoms with E-state index in [0.29, 0.717) is 13.0 Å². The van der Waals surface area contributed by atoms with E-state index in [9.17, 15) is 4.39 Å². The second-order valence-electron chi connectivity index (χ2n) is 5.40. The first-order valence-corrected chi connectivity index (χ1v) is 7.02. The van der Waals surface area contributed by atoms with Crippen molar-refractivity contribution in [3.8, 4) is 5.69 Å². The van der Waals surface area contributed by atoms with Gasteiger partial charge in [-0.1, -0.05) is 0 Å². The summed E-state index contributed by atoms with van der Waals surface area (Å²) in [5.74, 6) is -0.248. The van der Waals surface area contributed by atoms with Crippen molar-refractivity contribution in [2.75, 3.05) is 6.54 Å². The Morgan fingerprint density at radius 1 is 1.10 bits per heavy atom. The van der Waals surface area contributed by atoms with E-state index in [4.69, 9.17) is 5.73 Å². The number of benzene rings is 2. The van der Waals surface area contributed by atoms with Gasteiger partial charge in [-0.15, -0.1) is 0 Å². The first kappa shape index (κ1) is 13.8. The molecule has 2 aromatic carbocycles. The van der Waals surface area contributed by atoms with E-state index in [1.54, 1.807) is 6.33 Å². The third-order valence-corrected chi connectivity index (χ3v) is 3.82. The molecule has 3 rings (SSSR count). The molecular formula is C17H18FN3. The zero-order valence-corrected chi connectivity index (χ0v) is 12.2. The summed E-state index contributed by atoms with van der Waals surface area (Å²) >= 11 is 0. The molecule has 0 bridgehead atoms. The largest absolute Gasteiger partial charge is 0.330 e. The lowest BCUT2D eigenvalue weighted by molar-refractivity contribution is 0.624. The number of halogens is 1. The first-order valence-electron chi connectivity index (χ1n) is 7.02. The summed E-state index contributed by atoms with van der Waals surface area (Å²) in [6, 6.07) is 9.17. The minimum absolute atomic E-state index is 0.248. The van der Waals surface area contributed by atoms with Crippen molar-refractivity contribution >= 4 is 11.0 Å². The lowest BCUT2D eigenvalue weighted by Crippen LogP contribution is -2.04. The van der Waals surface area contributed by atoms with Gasteiger partial charge in [-0.2, -0.15) is 0 Å². The Labute approximate surface area is 123 Å². The molecule has 0 atom stereocenters. The zero-order chi connectivity index (χ0) is 15.0. The van der Waals surface area contributed by atoms with Gasteiger partial charge < -0.3 is 5.73 Å². The standard InChI is InChI=1S/C17H18FN3/c1-11-5-16-17(6-12(11)2)21(10-20-16)15-8-13(3-4-19)7-14(18)9-15/h5-10H,3-4,19H2,1-2H3. The lowest BCUT2D eigenvalue weighted by atomic mass is 10.1. The highest BCUT2D eigenvalue weighted by Crippen LogP contribution is 2.23. The van der Waals surface area contributed by atoms with E-state index in [-0.39, 0.29) is 5.82 Å².